The van der Waals surface area contributed by atoms with Crippen LogP contribution in [0, 0.1) is 13.8 Å². The highest BCUT2D eigenvalue weighted by Crippen LogP contribution is 2.23. The Labute approximate surface area is 158 Å². The zero-order chi connectivity index (χ0) is 18.9. The second-order valence-corrected chi connectivity index (χ2v) is 9.54. The van der Waals surface area contributed by atoms with Crippen LogP contribution in [0.15, 0.2) is 23.1 Å². The molecule has 142 valence electrons. The largest absolute Gasteiger partial charge is 0.339 e. The van der Waals surface area contributed by atoms with Crippen molar-refractivity contribution in [2.75, 3.05) is 45.0 Å². The Bertz CT molecular complexity index is 817. The van der Waals surface area contributed by atoms with E-state index in [0.29, 0.717) is 30.3 Å². The number of rotatable bonds is 4. The minimum atomic E-state index is -3.57. The second-order valence-electron chi connectivity index (χ2n) is 6.59. The predicted octanol–water partition coefficient (Wildman–Crippen LogP) is 1.31. The Kier molecular flexibility index (Phi) is 5.59. The second kappa shape index (κ2) is 7.58. The first-order valence-electron chi connectivity index (χ1n) is 8.56. The third-order valence-corrected chi connectivity index (χ3v) is 7.66. The van der Waals surface area contributed by atoms with Crippen molar-refractivity contribution < 1.29 is 18.0 Å². The van der Waals surface area contributed by atoms with Crippen LogP contribution in [0.1, 0.15) is 11.1 Å². The minimum absolute atomic E-state index is 0.0607. The number of thioether (sulfide) groups is 1. The topological polar surface area (TPSA) is 78.0 Å². The van der Waals surface area contributed by atoms with E-state index < -0.39 is 10.0 Å². The highest BCUT2D eigenvalue weighted by atomic mass is 32.2. The number of hydrogen-bond acceptors (Lipinski definition) is 5. The third-order valence-electron chi connectivity index (χ3n) is 4.72. The molecule has 2 fully saturated rings. The number of nitrogens with zero attached hydrogens (tertiary/aromatic N) is 3. The number of sulfonamides is 1. The molecular formula is C17H23N3O4S2. The maximum absolute atomic E-state index is 12.9. The van der Waals surface area contributed by atoms with Crippen LogP contribution >= 0.6 is 11.8 Å². The van der Waals surface area contributed by atoms with E-state index in [0.717, 1.165) is 11.1 Å². The van der Waals surface area contributed by atoms with Crippen LogP contribution in [0.5, 0.6) is 0 Å². The molecule has 0 aromatic heterocycles. The van der Waals surface area contributed by atoms with Crippen molar-refractivity contribution in [1.82, 2.24) is 14.1 Å². The molecule has 9 heteroatoms. The molecule has 0 spiro atoms. The average Bonchev–Trinajstić information content (AvgIpc) is 3.02. The van der Waals surface area contributed by atoms with Gasteiger partial charge in [0, 0.05) is 38.5 Å². The van der Waals surface area contributed by atoms with Crippen LogP contribution in [-0.2, 0) is 14.8 Å². The van der Waals surface area contributed by atoms with E-state index >= 15 is 0 Å². The summed E-state index contributed by atoms with van der Waals surface area (Å²) in [5, 5.41) is -0.0607. The van der Waals surface area contributed by atoms with Crippen LogP contribution in [0.25, 0.3) is 0 Å². The fourth-order valence-corrected chi connectivity index (χ4v) is 5.69. The van der Waals surface area contributed by atoms with Crippen LogP contribution in [0.2, 0.25) is 0 Å². The molecule has 2 aliphatic heterocycles. The summed E-state index contributed by atoms with van der Waals surface area (Å²) in [5.74, 6) is 0.596. The van der Waals surface area contributed by atoms with Gasteiger partial charge in [0.05, 0.1) is 4.90 Å². The number of aryl methyl sites for hydroxylation is 2. The number of hydrogen-bond donors (Lipinski definition) is 0. The SMILES string of the molecule is Cc1ccc(C)c(S(=O)(=O)N2CCN(C(=O)CN3CCSC3=O)CC2)c1. The van der Waals surface area contributed by atoms with E-state index in [-0.39, 0.29) is 30.8 Å². The van der Waals surface area contributed by atoms with Gasteiger partial charge in [0.2, 0.25) is 15.9 Å². The first-order chi connectivity index (χ1) is 12.3. The van der Waals surface area contributed by atoms with Crippen molar-refractivity contribution in [3.63, 3.8) is 0 Å². The van der Waals surface area contributed by atoms with E-state index in [1.165, 1.54) is 16.1 Å². The molecule has 1 aromatic rings. The Hall–Kier alpha value is -1.58. The summed E-state index contributed by atoms with van der Waals surface area (Å²) in [4.78, 5) is 27.5. The maximum Gasteiger partial charge on any atom is 0.282 e. The van der Waals surface area contributed by atoms with Gasteiger partial charge in [-0.3, -0.25) is 9.59 Å². The van der Waals surface area contributed by atoms with Crippen LogP contribution < -0.4 is 0 Å². The molecule has 0 radical (unpaired) electrons. The van der Waals surface area contributed by atoms with E-state index in [4.69, 9.17) is 0 Å². The Balaban J connectivity index is 1.63. The first-order valence-corrected chi connectivity index (χ1v) is 11.0. The van der Waals surface area contributed by atoms with Gasteiger partial charge in [-0.1, -0.05) is 23.9 Å². The Morgan fingerprint density at radius 2 is 1.81 bits per heavy atom. The van der Waals surface area contributed by atoms with Crippen molar-refractivity contribution in [2.24, 2.45) is 0 Å². The Morgan fingerprint density at radius 3 is 2.42 bits per heavy atom. The molecule has 2 amide bonds. The summed E-state index contributed by atoms with van der Waals surface area (Å²) < 4.78 is 27.3. The summed E-state index contributed by atoms with van der Waals surface area (Å²) in [6, 6.07) is 5.40. The Morgan fingerprint density at radius 1 is 1.12 bits per heavy atom. The van der Waals surface area contributed by atoms with Crippen LogP contribution in [0.4, 0.5) is 4.79 Å². The molecule has 26 heavy (non-hydrogen) atoms. The monoisotopic (exact) mass is 397 g/mol. The number of piperazine rings is 1. The molecule has 0 N–H and O–H groups in total. The van der Waals surface area contributed by atoms with Gasteiger partial charge in [-0.2, -0.15) is 4.31 Å². The zero-order valence-corrected chi connectivity index (χ0v) is 16.6. The van der Waals surface area contributed by atoms with Crippen LogP contribution in [0.3, 0.4) is 0 Å². The zero-order valence-electron chi connectivity index (χ0n) is 15.0. The summed E-state index contributed by atoms with van der Waals surface area (Å²) in [6.45, 7) is 5.56. The van der Waals surface area contributed by atoms with Gasteiger partial charge < -0.3 is 9.80 Å². The predicted molar refractivity (Wildman–Crippen MR) is 101 cm³/mol. The fourth-order valence-electron chi connectivity index (χ4n) is 3.13. The smallest absolute Gasteiger partial charge is 0.282 e. The van der Waals surface area contributed by atoms with E-state index in [1.54, 1.807) is 22.8 Å². The lowest BCUT2D eigenvalue weighted by Gasteiger charge is -2.35. The highest BCUT2D eigenvalue weighted by molar-refractivity contribution is 8.13. The normalized spacial score (nSPS) is 19.2. The minimum Gasteiger partial charge on any atom is -0.339 e. The van der Waals surface area contributed by atoms with Gasteiger partial charge in [-0.15, -0.1) is 0 Å². The number of amides is 2. The van der Waals surface area contributed by atoms with Gasteiger partial charge in [-0.25, -0.2) is 8.42 Å². The lowest BCUT2D eigenvalue weighted by Crippen LogP contribution is -2.52. The van der Waals surface area contributed by atoms with Gasteiger partial charge >= 0.3 is 0 Å². The lowest BCUT2D eigenvalue weighted by atomic mass is 10.2. The quantitative estimate of drug-likeness (QED) is 0.765. The summed E-state index contributed by atoms with van der Waals surface area (Å²) >= 11 is 1.23. The highest BCUT2D eigenvalue weighted by Gasteiger charge is 2.32. The third kappa shape index (κ3) is 3.89. The van der Waals surface area contributed by atoms with Crippen molar-refractivity contribution in [1.29, 1.82) is 0 Å². The maximum atomic E-state index is 12.9. The molecule has 0 saturated carbocycles. The molecule has 1 aromatic carbocycles. The fraction of sp³-hybridized carbons (Fsp3) is 0.529. The number of carbonyl (C=O) groups is 2. The number of carbonyl (C=O) groups excluding carboxylic acids is 2. The summed E-state index contributed by atoms with van der Waals surface area (Å²) in [6.07, 6.45) is 0. The first kappa shape index (κ1) is 19.2. The summed E-state index contributed by atoms with van der Waals surface area (Å²) in [5.41, 5.74) is 1.62. The number of benzene rings is 1. The molecule has 2 heterocycles. The molecule has 0 bridgehead atoms. The molecule has 2 aliphatic rings. The lowest BCUT2D eigenvalue weighted by molar-refractivity contribution is -0.132. The van der Waals surface area contributed by atoms with Gasteiger partial charge in [0.1, 0.15) is 6.54 Å². The molecule has 0 atom stereocenters. The van der Waals surface area contributed by atoms with E-state index in [1.807, 2.05) is 19.1 Å². The molecule has 0 unspecified atom stereocenters. The molecule has 7 nitrogen and oxygen atoms in total. The van der Waals surface area contributed by atoms with Crippen molar-refractivity contribution in [2.45, 2.75) is 18.7 Å². The van der Waals surface area contributed by atoms with Gasteiger partial charge in [0.25, 0.3) is 5.24 Å². The van der Waals surface area contributed by atoms with Gasteiger partial charge in [-0.05, 0) is 31.0 Å². The van der Waals surface area contributed by atoms with E-state index in [2.05, 4.69) is 0 Å². The molecule has 2 saturated heterocycles. The molecular weight excluding hydrogens is 374 g/mol. The molecule has 3 rings (SSSR count). The standard InChI is InChI=1S/C17H23N3O4S2/c1-13-3-4-14(2)15(11-13)26(23,24)20-7-5-18(6-8-20)16(21)12-19-9-10-25-17(19)22/h3-4,11H,5-10,12H2,1-2H3. The van der Waals surface area contributed by atoms with Crippen molar-refractivity contribution >= 4 is 32.9 Å². The van der Waals surface area contributed by atoms with Gasteiger partial charge in [0.15, 0.2) is 0 Å². The van der Waals surface area contributed by atoms with Crippen molar-refractivity contribution in [3.05, 3.63) is 29.3 Å². The average molecular weight is 398 g/mol. The summed E-state index contributed by atoms with van der Waals surface area (Å²) in [7, 11) is -3.57. The van der Waals surface area contributed by atoms with Crippen molar-refractivity contribution in [3.8, 4) is 0 Å². The van der Waals surface area contributed by atoms with Crippen LogP contribution in [-0.4, -0.2) is 78.7 Å². The van der Waals surface area contributed by atoms with E-state index in [9.17, 15) is 18.0 Å². The molecule has 0 aliphatic carbocycles.